The number of aromatic nitrogens is 1. The molecule has 1 aromatic carbocycles. The summed E-state index contributed by atoms with van der Waals surface area (Å²) >= 11 is 6.93. The number of amides is 2. The van der Waals surface area contributed by atoms with E-state index < -0.39 is 11.9 Å². The minimum Gasteiger partial charge on any atom is -0.354 e. The molecule has 22 heavy (non-hydrogen) atoms. The van der Waals surface area contributed by atoms with E-state index in [2.05, 4.69) is 15.6 Å². The molecule has 2 aromatic rings. The number of halogens is 2. The van der Waals surface area contributed by atoms with E-state index in [0.717, 1.165) is 11.3 Å². The Hall–Kier alpha value is -1.99. The van der Waals surface area contributed by atoms with Crippen LogP contribution in [0.15, 0.2) is 24.4 Å². The van der Waals surface area contributed by atoms with Crippen LogP contribution in [0.25, 0.3) is 10.6 Å². The van der Waals surface area contributed by atoms with Crippen LogP contribution in [0.4, 0.5) is 4.39 Å². The van der Waals surface area contributed by atoms with Gasteiger partial charge in [0.2, 0.25) is 5.91 Å². The standard InChI is InChI=1S/C14H11ClFN3O2S/c15-8-3-7(4-9(16)5-8)14-18-6-11(22-14)13(21)19-10-1-2-17-12(10)20/h3-6,10H,1-2H2,(H,17,20)(H,19,21). The van der Waals surface area contributed by atoms with E-state index >= 15 is 0 Å². The van der Waals surface area contributed by atoms with E-state index in [-0.39, 0.29) is 16.8 Å². The summed E-state index contributed by atoms with van der Waals surface area (Å²) in [5.41, 5.74) is 0.507. The Morgan fingerprint density at radius 1 is 1.45 bits per heavy atom. The van der Waals surface area contributed by atoms with Crippen molar-refractivity contribution in [2.45, 2.75) is 12.5 Å². The summed E-state index contributed by atoms with van der Waals surface area (Å²) < 4.78 is 13.4. The van der Waals surface area contributed by atoms with Crippen LogP contribution >= 0.6 is 22.9 Å². The first-order valence-electron chi connectivity index (χ1n) is 6.54. The minimum absolute atomic E-state index is 0.185. The summed E-state index contributed by atoms with van der Waals surface area (Å²) in [5, 5.41) is 6.05. The molecule has 114 valence electrons. The number of hydrogen-bond donors (Lipinski definition) is 2. The lowest BCUT2D eigenvalue weighted by atomic mass is 10.2. The van der Waals surface area contributed by atoms with Crippen LogP contribution in [0.1, 0.15) is 16.1 Å². The molecule has 1 fully saturated rings. The monoisotopic (exact) mass is 339 g/mol. The normalized spacial score (nSPS) is 17.4. The number of carbonyl (C=O) groups excluding carboxylic acids is 2. The third-order valence-electron chi connectivity index (χ3n) is 3.19. The van der Waals surface area contributed by atoms with Crippen molar-refractivity contribution < 1.29 is 14.0 Å². The molecular formula is C14H11ClFN3O2S. The predicted molar refractivity (Wildman–Crippen MR) is 81.4 cm³/mol. The molecule has 2 amide bonds. The number of carbonyl (C=O) groups is 2. The maximum absolute atomic E-state index is 13.4. The molecule has 0 spiro atoms. The van der Waals surface area contributed by atoms with Crippen molar-refractivity contribution in [3.63, 3.8) is 0 Å². The molecule has 1 unspecified atom stereocenters. The van der Waals surface area contributed by atoms with E-state index in [1.165, 1.54) is 18.3 Å². The first kappa shape index (κ1) is 14.9. The Morgan fingerprint density at radius 2 is 2.27 bits per heavy atom. The van der Waals surface area contributed by atoms with Gasteiger partial charge in [-0.25, -0.2) is 9.37 Å². The first-order valence-corrected chi connectivity index (χ1v) is 7.73. The van der Waals surface area contributed by atoms with Crippen molar-refractivity contribution in [3.05, 3.63) is 40.1 Å². The Labute approximate surface area is 134 Å². The Balaban J connectivity index is 1.78. The number of hydrogen-bond acceptors (Lipinski definition) is 4. The number of nitrogens with one attached hydrogen (secondary N) is 2. The molecule has 1 aliphatic rings. The fourth-order valence-corrected chi connectivity index (χ4v) is 3.18. The van der Waals surface area contributed by atoms with Gasteiger partial charge in [0.25, 0.3) is 5.91 Å². The van der Waals surface area contributed by atoms with E-state index in [4.69, 9.17) is 11.6 Å². The molecule has 5 nitrogen and oxygen atoms in total. The summed E-state index contributed by atoms with van der Waals surface area (Å²) in [4.78, 5) is 28.0. The van der Waals surface area contributed by atoms with Crippen molar-refractivity contribution >= 4 is 34.8 Å². The van der Waals surface area contributed by atoms with Gasteiger partial charge in [-0.05, 0) is 24.6 Å². The largest absolute Gasteiger partial charge is 0.354 e. The number of thiazole rings is 1. The van der Waals surface area contributed by atoms with Gasteiger partial charge in [0.1, 0.15) is 21.7 Å². The van der Waals surface area contributed by atoms with Gasteiger partial charge in [-0.2, -0.15) is 0 Å². The quantitative estimate of drug-likeness (QED) is 0.900. The summed E-state index contributed by atoms with van der Waals surface area (Å²) in [6.45, 7) is 0.555. The fourth-order valence-electron chi connectivity index (χ4n) is 2.15. The van der Waals surface area contributed by atoms with Gasteiger partial charge in [-0.15, -0.1) is 11.3 Å². The van der Waals surface area contributed by atoms with Gasteiger partial charge in [0, 0.05) is 17.1 Å². The average molecular weight is 340 g/mol. The zero-order valence-electron chi connectivity index (χ0n) is 11.2. The molecule has 0 saturated carbocycles. The van der Waals surface area contributed by atoms with Gasteiger partial charge in [-0.3, -0.25) is 9.59 Å². The third-order valence-corrected chi connectivity index (χ3v) is 4.46. The second-order valence-electron chi connectivity index (χ2n) is 4.79. The van der Waals surface area contributed by atoms with Gasteiger partial charge >= 0.3 is 0 Å². The van der Waals surface area contributed by atoms with E-state index in [0.29, 0.717) is 28.4 Å². The topological polar surface area (TPSA) is 71.1 Å². The highest BCUT2D eigenvalue weighted by Crippen LogP contribution is 2.28. The highest BCUT2D eigenvalue weighted by Gasteiger charge is 2.26. The Morgan fingerprint density at radius 3 is 2.95 bits per heavy atom. The Bertz CT molecular complexity index is 729. The van der Waals surface area contributed by atoms with Crippen molar-refractivity contribution in [1.82, 2.24) is 15.6 Å². The molecule has 3 rings (SSSR count). The van der Waals surface area contributed by atoms with Crippen molar-refractivity contribution in [2.24, 2.45) is 0 Å². The molecule has 0 aliphatic carbocycles. The van der Waals surface area contributed by atoms with Crippen LogP contribution in [0, 0.1) is 5.82 Å². The summed E-state index contributed by atoms with van der Waals surface area (Å²) in [7, 11) is 0. The molecule has 0 radical (unpaired) electrons. The second kappa shape index (κ2) is 6.02. The maximum Gasteiger partial charge on any atom is 0.263 e. The molecular weight excluding hydrogens is 329 g/mol. The SMILES string of the molecule is O=C(NC1CCNC1=O)c1cnc(-c2cc(F)cc(Cl)c2)s1. The van der Waals surface area contributed by atoms with Crippen molar-refractivity contribution in [1.29, 1.82) is 0 Å². The molecule has 1 atom stereocenters. The summed E-state index contributed by atoms with van der Waals surface area (Å²) in [6, 6.07) is 3.57. The smallest absolute Gasteiger partial charge is 0.263 e. The molecule has 2 N–H and O–H groups in total. The van der Waals surface area contributed by atoms with Crippen LogP contribution in [-0.4, -0.2) is 29.4 Å². The third kappa shape index (κ3) is 3.10. The van der Waals surface area contributed by atoms with Crippen LogP contribution in [0.5, 0.6) is 0 Å². The van der Waals surface area contributed by atoms with Gasteiger partial charge in [-0.1, -0.05) is 11.6 Å². The summed E-state index contributed by atoms with van der Waals surface area (Å²) in [6.07, 6.45) is 1.97. The highest BCUT2D eigenvalue weighted by atomic mass is 35.5. The molecule has 8 heteroatoms. The van der Waals surface area contributed by atoms with Crippen LogP contribution < -0.4 is 10.6 Å². The number of nitrogens with zero attached hydrogens (tertiary/aromatic N) is 1. The average Bonchev–Trinajstić information content (AvgIpc) is 3.08. The van der Waals surface area contributed by atoms with Gasteiger partial charge < -0.3 is 10.6 Å². The number of rotatable bonds is 3. The fraction of sp³-hybridized carbons (Fsp3) is 0.214. The minimum atomic E-state index is -0.512. The highest BCUT2D eigenvalue weighted by molar-refractivity contribution is 7.16. The van der Waals surface area contributed by atoms with Crippen LogP contribution in [0.3, 0.4) is 0 Å². The predicted octanol–water partition coefficient (Wildman–Crippen LogP) is 2.22. The molecule has 2 heterocycles. The van der Waals surface area contributed by atoms with Gasteiger partial charge in [0.05, 0.1) is 6.20 Å². The van der Waals surface area contributed by atoms with E-state index in [1.807, 2.05) is 0 Å². The molecule has 1 saturated heterocycles. The molecule has 1 aromatic heterocycles. The maximum atomic E-state index is 13.4. The molecule has 1 aliphatic heterocycles. The zero-order valence-corrected chi connectivity index (χ0v) is 12.8. The van der Waals surface area contributed by atoms with Crippen molar-refractivity contribution in [2.75, 3.05) is 6.54 Å². The first-order chi connectivity index (χ1) is 10.5. The zero-order chi connectivity index (χ0) is 15.7. The lowest BCUT2D eigenvalue weighted by Crippen LogP contribution is -2.39. The summed E-state index contributed by atoms with van der Waals surface area (Å²) in [5.74, 6) is -1.02. The second-order valence-corrected chi connectivity index (χ2v) is 6.26. The van der Waals surface area contributed by atoms with Crippen LogP contribution in [-0.2, 0) is 4.79 Å². The molecule has 0 bridgehead atoms. The van der Waals surface area contributed by atoms with E-state index in [1.54, 1.807) is 6.07 Å². The van der Waals surface area contributed by atoms with Crippen LogP contribution in [0.2, 0.25) is 5.02 Å². The van der Waals surface area contributed by atoms with Gasteiger partial charge in [0.15, 0.2) is 0 Å². The lowest BCUT2D eigenvalue weighted by Gasteiger charge is -2.07. The van der Waals surface area contributed by atoms with Crippen molar-refractivity contribution in [3.8, 4) is 10.6 Å². The number of benzene rings is 1. The lowest BCUT2D eigenvalue weighted by molar-refractivity contribution is -0.120. The van der Waals surface area contributed by atoms with E-state index in [9.17, 15) is 14.0 Å². The Kier molecular flexibility index (Phi) is 4.08.